The SMILES string of the molecule is CCOC(=O)C(C#N)C1(C#N)c2ccccc2S(=O)(=O)N1Cc1c(F)cccc1Cl. The van der Waals surface area contributed by atoms with Crippen LogP contribution in [0.15, 0.2) is 47.4 Å². The van der Waals surface area contributed by atoms with Gasteiger partial charge in [-0.1, -0.05) is 35.9 Å². The van der Waals surface area contributed by atoms with Crippen molar-refractivity contribution in [2.45, 2.75) is 23.9 Å². The second kappa shape index (κ2) is 8.04. The van der Waals surface area contributed by atoms with Gasteiger partial charge in [-0.25, -0.2) is 12.8 Å². The molecule has 1 aliphatic rings. The van der Waals surface area contributed by atoms with Gasteiger partial charge in [0.15, 0.2) is 11.5 Å². The van der Waals surface area contributed by atoms with Crippen LogP contribution < -0.4 is 0 Å². The van der Waals surface area contributed by atoms with Gasteiger partial charge in [-0.2, -0.15) is 14.8 Å². The smallest absolute Gasteiger partial charge is 0.326 e. The Kier molecular flexibility index (Phi) is 5.82. The predicted octanol–water partition coefficient (Wildman–Crippen LogP) is 3.11. The lowest BCUT2D eigenvalue weighted by Crippen LogP contribution is -2.50. The molecule has 2 atom stereocenters. The van der Waals surface area contributed by atoms with Gasteiger partial charge in [-0.05, 0) is 25.1 Å². The number of rotatable bonds is 5. The zero-order valence-corrected chi connectivity index (χ0v) is 17.2. The van der Waals surface area contributed by atoms with Crippen molar-refractivity contribution in [1.82, 2.24) is 4.31 Å². The first-order chi connectivity index (χ1) is 14.2. The lowest BCUT2D eigenvalue weighted by molar-refractivity contribution is -0.149. The van der Waals surface area contributed by atoms with Crippen LogP contribution in [0.3, 0.4) is 0 Å². The van der Waals surface area contributed by atoms with E-state index in [2.05, 4.69) is 0 Å². The molecule has 0 aromatic heterocycles. The van der Waals surface area contributed by atoms with Crippen LogP contribution in [0.5, 0.6) is 0 Å². The summed E-state index contributed by atoms with van der Waals surface area (Å²) in [7, 11) is -4.37. The topological polar surface area (TPSA) is 111 Å². The lowest BCUT2D eigenvalue weighted by Gasteiger charge is -2.33. The van der Waals surface area contributed by atoms with Crippen molar-refractivity contribution in [3.63, 3.8) is 0 Å². The zero-order valence-electron chi connectivity index (χ0n) is 15.7. The van der Waals surface area contributed by atoms with Gasteiger partial charge in [0.25, 0.3) is 0 Å². The fraction of sp³-hybridized carbons (Fsp3) is 0.250. The number of nitrogens with zero attached hydrogens (tertiary/aromatic N) is 3. The summed E-state index contributed by atoms with van der Waals surface area (Å²) < 4.78 is 46.7. The van der Waals surface area contributed by atoms with Gasteiger partial charge in [0, 0.05) is 22.7 Å². The van der Waals surface area contributed by atoms with E-state index in [0.29, 0.717) is 4.31 Å². The minimum absolute atomic E-state index is 0.0560. The van der Waals surface area contributed by atoms with Gasteiger partial charge in [0.05, 0.1) is 23.6 Å². The summed E-state index contributed by atoms with van der Waals surface area (Å²) >= 11 is 6.07. The third kappa shape index (κ3) is 3.12. The zero-order chi connectivity index (χ0) is 22.1. The Labute approximate surface area is 177 Å². The molecule has 0 saturated heterocycles. The van der Waals surface area contributed by atoms with Crippen LogP contribution in [-0.4, -0.2) is 25.3 Å². The van der Waals surface area contributed by atoms with Crippen molar-refractivity contribution >= 4 is 27.6 Å². The number of nitriles is 2. The second-order valence-electron chi connectivity index (χ2n) is 6.40. The number of halogens is 2. The molecule has 0 bridgehead atoms. The maximum Gasteiger partial charge on any atom is 0.326 e. The number of carbonyl (C=O) groups is 1. The predicted molar refractivity (Wildman–Crippen MR) is 104 cm³/mol. The molecule has 0 aliphatic carbocycles. The van der Waals surface area contributed by atoms with E-state index in [1.165, 1.54) is 43.3 Å². The van der Waals surface area contributed by atoms with Gasteiger partial charge in [0.2, 0.25) is 10.0 Å². The highest BCUT2D eigenvalue weighted by Gasteiger charge is 2.62. The summed E-state index contributed by atoms with van der Waals surface area (Å²) in [5, 5.41) is 19.8. The van der Waals surface area contributed by atoms with Crippen LogP contribution in [0.1, 0.15) is 18.1 Å². The van der Waals surface area contributed by atoms with Crippen LogP contribution in [0.25, 0.3) is 0 Å². The molecular weight excluding hydrogens is 433 g/mol. The largest absolute Gasteiger partial charge is 0.465 e. The van der Waals surface area contributed by atoms with E-state index in [-0.39, 0.29) is 27.7 Å². The molecule has 10 heteroatoms. The number of fused-ring (bicyclic) bond motifs is 1. The monoisotopic (exact) mass is 447 g/mol. The molecule has 0 saturated carbocycles. The number of hydrogen-bond acceptors (Lipinski definition) is 6. The molecule has 0 spiro atoms. The first-order valence-corrected chi connectivity index (χ1v) is 10.6. The number of benzene rings is 2. The lowest BCUT2D eigenvalue weighted by atomic mass is 9.79. The molecule has 1 heterocycles. The van der Waals surface area contributed by atoms with Crippen molar-refractivity contribution < 1.29 is 22.3 Å². The van der Waals surface area contributed by atoms with Crippen molar-refractivity contribution in [3.8, 4) is 12.1 Å². The van der Waals surface area contributed by atoms with Crippen LogP contribution in [-0.2, 0) is 31.6 Å². The van der Waals surface area contributed by atoms with E-state index in [1.807, 2.05) is 6.07 Å². The summed E-state index contributed by atoms with van der Waals surface area (Å²) in [5.74, 6) is -3.66. The third-order valence-corrected chi connectivity index (χ3v) is 7.13. The molecule has 0 radical (unpaired) electrons. The van der Waals surface area contributed by atoms with Gasteiger partial charge < -0.3 is 4.74 Å². The normalized spacial score (nSPS) is 20.6. The van der Waals surface area contributed by atoms with Crippen LogP contribution in [0.2, 0.25) is 5.02 Å². The minimum atomic E-state index is -4.37. The second-order valence-corrected chi connectivity index (χ2v) is 8.64. The average molecular weight is 448 g/mol. The minimum Gasteiger partial charge on any atom is -0.465 e. The summed E-state index contributed by atoms with van der Waals surface area (Å²) in [4.78, 5) is 12.3. The van der Waals surface area contributed by atoms with Crippen LogP contribution >= 0.6 is 11.6 Å². The Balaban J connectivity index is 2.32. The Morgan fingerprint density at radius 3 is 2.57 bits per heavy atom. The maximum absolute atomic E-state index is 14.5. The number of carbonyl (C=O) groups excluding carboxylic acids is 1. The first kappa shape index (κ1) is 21.7. The van der Waals surface area contributed by atoms with Crippen LogP contribution in [0.4, 0.5) is 4.39 Å². The average Bonchev–Trinajstić information content (AvgIpc) is 2.90. The molecule has 30 heavy (non-hydrogen) atoms. The Morgan fingerprint density at radius 2 is 1.97 bits per heavy atom. The standard InChI is InChI=1S/C20H15ClFN3O4S/c1-2-29-19(26)15(10-23)20(12-24)14-6-3-4-9-18(14)30(27,28)25(20)11-13-16(21)7-5-8-17(13)22/h3-9,15H,2,11H2,1H3. The highest BCUT2D eigenvalue weighted by Crippen LogP contribution is 2.49. The number of sulfonamides is 1. The van der Waals surface area contributed by atoms with E-state index in [9.17, 15) is 28.1 Å². The molecule has 3 rings (SSSR count). The Morgan fingerprint density at radius 1 is 1.27 bits per heavy atom. The molecule has 1 aliphatic heterocycles. The molecule has 2 aromatic rings. The highest BCUT2D eigenvalue weighted by molar-refractivity contribution is 7.89. The molecule has 154 valence electrons. The van der Waals surface area contributed by atoms with E-state index < -0.39 is 39.8 Å². The molecule has 7 nitrogen and oxygen atoms in total. The summed E-state index contributed by atoms with van der Waals surface area (Å²) in [6, 6.07) is 12.9. The van der Waals surface area contributed by atoms with E-state index in [4.69, 9.17) is 16.3 Å². The van der Waals surface area contributed by atoms with Crippen molar-refractivity contribution in [3.05, 3.63) is 64.4 Å². The number of hydrogen-bond donors (Lipinski definition) is 0. The van der Waals surface area contributed by atoms with Gasteiger partial charge in [-0.15, -0.1) is 0 Å². The van der Waals surface area contributed by atoms with Crippen LogP contribution in [0, 0.1) is 34.4 Å². The highest BCUT2D eigenvalue weighted by atomic mass is 35.5. The van der Waals surface area contributed by atoms with E-state index >= 15 is 0 Å². The van der Waals surface area contributed by atoms with E-state index in [1.54, 1.807) is 6.07 Å². The summed E-state index contributed by atoms with van der Waals surface area (Å²) in [6.45, 7) is 0.779. The third-order valence-electron chi connectivity index (χ3n) is 4.86. The van der Waals surface area contributed by atoms with Crippen molar-refractivity contribution in [1.29, 1.82) is 10.5 Å². The van der Waals surface area contributed by atoms with Gasteiger partial charge in [-0.3, -0.25) is 4.79 Å². The molecular formula is C20H15ClFN3O4S. The van der Waals surface area contributed by atoms with Crippen molar-refractivity contribution in [2.75, 3.05) is 6.61 Å². The molecule has 0 fully saturated rings. The van der Waals surface area contributed by atoms with Crippen molar-refractivity contribution in [2.24, 2.45) is 5.92 Å². The van der Waals surface area contributed by atoms with Gasteiger partial charge in [0.1, 0.15) is 5.82 Å². The van der Waals surface area contributed by atoms with E-state index in [0.717, 1.165) is 6.07 Å². The maximum atomic E-state index is 14.5. The summed E-state index contributed by atoms with van der Waals surface area (Å²) in [6.07, 6.45) is 0. The summed E-state index contributed by atoms with van der Waals surface area (Å²) in [5.41, 5.74) is -2.50. The van der Waals surface area contributed by atoms with Gasteiger partial charge >= 0.3 is 5.97 Å². The number of ether oxygens (including phenoxy) is 1. The molecule has 2 unspecified atom stereocenters. The quantitative estimate of drug-likeness (QED) is 0.651. The Hall–Kier alpha value is -2.98. The fourth-order valence-electron chi connectivity index (χ4n) is 3.51. The fourth-order valence-corrected chi connectivity index (χ4v) is 5.64. The Bertz CT molecular complexity index is 1190. The number of esters is 1. The molecule has 2 aromatic carbocycles. The first-order valence-electron chi connectivity index (χ1n) is 8.78. The molecule has 0 amide bonds. The molecule has 0 N–H and O–H groups in total.